The van der Waals surface area contributed by atoms with E-state index in [4.69, 9.17) is 19.7 Å². The van der Waals surface area contributed by atoms with Crippen molar-refractivity contribution in [2.45, 2.75) is 0 Å². The number of hydrogen-bond donors (Lipinski definition) is 0. The molecule has 0 saturated heterocycles. The number of aromatic nitrogens is 3. The van der Waals surface area contributed by atoms with E-state index in [1.807, 2.05) is 72.8 Å². The largest absolute Gasteiger partial charge is 0.497 e. The molecule has 0 unspecified atom stereocenters. The lowest BCUT2D eigenvalue weighted by atomic mass is 9.93. The summed E-state index contributed by atoms with van der Waals surface area (Å²) in [5.41, 5.74) is 9.51. The Morgan fingerprint density at radius 1 is 0.312 bits per heavy atom. The molecule has 0 bridgehead atoms. The maximum absolute atomic E-state index is 5.35. The van der Waals surface area contributed by atoms with E-state index in [-0.39, 0.29) is 0 Å². The maximum Gasteiger partial charge on any atom is 0.164 e. The Labute approximate surface area is 280 Å². The number of rotatable bonds is 7. The number of methoxy groups -OCH3 is 1. The zero-order valence-corrected chi connectivity index (χ0v) is 26.4. The molecule has 8 rings (SSSR count). The Kier molecular flexibility index (Phi) is 7.73. The minimum Gasteiger partial charge on any atom is -0.497 e. The highest BCUT2D eigenvalue weighted by Crippen LogP contribution is 2.35. The van der Waals surface area contributed by atoms with Gasteiger partial charge < -0.3 is 4.74 Å². The lowest BCUT2D eigenvalue weighted by Gasteiger charge is -2.13. The molecule has 0 saturated carbocycles. The van der Waals surface area contributed by atoms with Crippen molar-refractivity contribution in [1.29, 1.82) is 0 Å². The smallest absolute Gasteiger partial charge is 0.164 e. The van der Waals surface area contributed by atoms with Crippen LogP contribution in [0.2, 0.25) is 0 Å². The van der Waals surface area contributed by atoms with Crippen LogP contribution in [0.4, 0.5) is 0 Å². The van der Waals surface area contributed by atoms with Crippen LogP contribution in [0, 0.1) is 0 Å². The summed E-state index contributed by atoms with van der Waals surface area (Å²) in [5, 5.41) is 2.41. The summed E-state index contributed by atoms with van der Waals surface area (Å²) in [7, 11) is 1.69. The second-order valence-electron chi connectivity index (χ2n) is 11.7. The van der Waals surface area contributed by atoms with Crippen LogP contribution in [0.15, 0.2) is 170 Å². The summed E-state index contributed by atoms with van der Waals surface area (Å²) in [6.45, 7) is 0. The van der Waals surface area contributed by atoms with Gasteiger partial charge in [0, 0.05) is 16.7 Å². The van der Waals surface area contributed by atoms with E-state index in [1.54, 1.807) is 7.11 Å². The molecule has 0 aliphatic heterocycles. The molecule has 4 heteroatoms. The normalized spacial score (nSPS) is 11.0. The summed E-state index contributed by atoms with van der Waals surface area (Å²) in [6.07, 6.45) is 0. The molecule has 0 aliphatic rings. The predicted molar refractivity (Wildman–Crippen MR) is 197 cm³/mol. The molecule has 0 radical (unpaired) electrons. The van der Waals surface area contributed by atoms with E-state index < -0.39 is 0 Å². The van der Waals surface area contributed by atoms with Crippen LogP contribution in [0.5, 0.6) is 5.75 Å². The molecule has 0 aliphatic carbocycles. The Bertz CT molecular complexity index is 2290. The molecular formula is C44H31N3O. The second kappa shape index (κ2) is 12.8. The van der Waals surface area contributed by atoms with Crippen LogP contribution >= 0.6 is 0 Å². The summed E-state index contributed by atoms with van der Waals surface area (Å²) < 4.78 is 5.35. The van der Waals surface area contributed by atoms with Gasteiger partial charge in [-0.05, 0) is 80.6 Å². The third-order valence-corrected chi connectivity index (χ3v) is 8.61. The Morgan fingerprint density at radius 3 is 1.29 bits per heavy atom. The van der Waals surface area contributed by atoms with E-state index in [0.717, 1.165) is 55.8 Å². The fourth-order valence-electron chi connectivity index (χ4n) is 6.04. The van der Waals surface area contributed by atoms with Crippen molar-refractivity contribution in [2.24, 2.45) is 0 Å². The van der Waals surface area contributed by atoms with Crippen molar-refractivity contribution in [3.05, 3.63) is 170 Å². The summed E-state index contributed by atoms with van der Waals surface area (Å²) in [6, 6.07) is 58.8. The second-order valence-corrected chi connectivity index (χ2v) is 11.7. The average molecular weight is 618 g/mol. The molecule has 228 valence electrons. The van der Waals surface area contributed by atoms with Crippen LogP contribution in [0.25, 0.3) is 78.3 Å². The fraction of sp³-hybridized carbons (Fsp3) is 0.0227. The van der Waals surface area contributed by atoms with Crippen molar-refractivity contribution in [3.8, 4) is 73.3 Å². The number of nitrogens with zero attached hydrogens (tertiary/aromatic N) is 3. The third-order valence-electron chi connectivity index (χ3n) is 8.61. The molecule has 0 atom stereocenters. The van der Waals surface area contributed by atoms with Crippen molar-refractivity contribution >= 4 is 10.8 Å². The highest BCUT2D eigenvalue weighted by molar-refractivity contribution is 5.89. The molecule has 4 nitrogen and oxygen atoms in total. The molecule has 0 spiro atoms. The minimum absolute atomic E-state index is 0.626. The molecule has 48 heavy (non-hydrogen) atoms. The van der Waals surface area contributed by atoms with Gasteiger partial charge in [0.05, 0.1) is 7.11 Å². The van der Waals surface area contributed by atoms with Gasteiger partial charge in [-0.1, -0.05) is 133 Å². The first-order valence-electron chi connectivity index (χ1n) is 16.0. The van der Waals surface area contributed by atoms with Crippen LogP contribution in [-0.2, 0) is 0 Å². The van der Waals surface area contributed by atoms with Crippen molar-refractivity contribution < 1.29 is 4.74 Å². The molecule has 7 aromatic carbocycles. The third kappa shape index (κ3) is 5.95. The van der Waals surface area contributed by atoms with Gasteiger partial charge >= 0.3 is 0 Å². The molecule has 0 fully saturated rings. The van der Waals surface area contributed by atoms with Gasteiger partial charge in [0.2, 0.25) is 0 Å². The zero-order valence-electron chi connectivity index (χ0n) is 26.4. The molecule has 0 amide bonds. The average Bonchev–Trinajstić information content (AvgIpc) is 3.18. The van der Waals surface area contributed by atoms with E-state index in [2.05, 4.69) is 97.1 Å². The van der Waals surface area contributed by atoms with Crippen LogP contribution in [-0.4, -0.2) is 22.1 Å². The first-order valence-corrected chi connectivity index (χ1v) is 16.0. The lowest BCUT2D eigenvalue weighted by molar-refractivity contribution is 0.415. The van der Waals surface area contributed by atoms with E-state index in [1.165, 1.54) is 10.8 Å². The van der Waals surface area contributed by atoms with Crippen molar-refractivity contribution in [1.82, 2.24) is 15.0 Å². The quantitative estimate of drug-likeness (QED) is 0.179. The lowest BCUT2D eigenvalue weighted by Crippen LogP contribution is -2.00. The maximum atomic E-state index is 5.35. The van der Waals surface area contributed by atoms with E-state index in [0.29, 0.717) is 17.5 Å². The Balaban J connectivity index is 1.29. The number of hydrogen-bond acceptors (Lipinski definition) is 4. The first kappa shape index (κ1) is 29.0. The van der Waals surface area contributed by atoms with Gasteiger partial charge in [-0.15, -0.1) is 0 Å². The van der Waals surface area contributed by atoms with Gasteiger partial charge in [0.1, 0.15) is 5.75 Å². The fourth-order valence-corrected chi connectivity index (χ4v) is 6.04. The highest BCUT2D eigenvalue weighted by Gasteiger charge is 2.15. The van der Waals surface area contributed by atoms with Crippen molar-refractivity contribution in [2.75, 3.05) is 7.11 Å². The predicted octanol–water partition coefficient (Wildman–Crippen LogP) is 11.0. The summed E-state index contributed by atoms with van der Waals surface area (Å²) in [4.78, 5) is 15.0. The monoisotopic (exact) mass is 617 g/mol. The zero-order chi connectivity index (χ0) is 32.3. The Hall–Kier alpha value is -6.39. The van der Waals surface area contributed by atoms with Gasteiger partial charge in [0.25, 0.3) is 0 Å². The van der Waals surface area contributed by atoms with E-state index >= 15 is 0 Å². The standard InChI is InChI=1S/C44H31N3O/c1-48-41-24-22-32(23-25-41)31-16-18-33(19-17-31)38-27-39(37-21-20-30-10-8-9-15-36(30)26-37)29-40(28-38)44-46-42(34-11-4-2-5-12-34)45-43(47-44)35-13-6-3-7-14-35/h2-29H,1H3. The van der Waals surface area contributed by atoms with Crippen molar-refractivity contribution in [3.63, 3.8) is 0 Å². The summed E-state index contributed by atoms with van der Waals surface area (Å²) in [5.74, 6) is 2.75. The van der Waals surface area contributed by atoms with E-state index in [9.17, 15) is 0 Å². The number of ether oxygens (including phenoxy) is 1. The van der Waals surface area contributed by atoms with Gasteiger partial charge in [-0.25, -0.2) is 15.0 Å². The first-order chi connectivity index (χ1) is 23.7. The minimum atomic E-state index is 0.626. The molecule has 1 heterocycles. The summed E-state index contributed by atoms with van der Waals surface area (Å²) >= 11 is 0. The number of benzene rings is 7. The van der Waals surface area contributed by atoms with Gasteiger partial charge in [0.15, 0.2) is 17.5 Å². The van der Waals surface area contributed by atoms with Gasteiger partial charge in [-0.3, -0.25) is 0 Å². The molecule has 8 aromatic rings. The molecular weight excluding hydrogens is 587 g/mol. The number of fused-ring (bicyclic) bond motifs is 1. The molecule has 1 aromatic heterocycles. The highest BCUT2D eigenvalue weighted by atomic mass is 16.5. The van der Waals surface area contributed by atoms with Crippen LogP contribution < -0.4 is 4.74 Å². The molecule has 0 N–H and O–H groups in total. The van der Waals surface area contributed by atoms with Crippen LogP contribution in [0.3, 0.4) is 0 Å². The SMILES string of the molecule is COc1ccc(-c2ccc(-c3cc(-c4ccc5ccccc5c4)cc(-c4nc(-c5ccccc5)nc(-c5ccccc5)n4)c3)cc2)cc1. The Morgan fingerprint density at radius 2 is 0.729 bits per heavy atom. The topological polar surface area (TPSA) is 47.9 Å². The van der Waals surface area contributed by atoms with Gasteiger partial charge in [-0.2, -0.15) is 0 Å². The van der Waals surface area contributed by atoms with Crippen LogP contribution in [0.1, 0.15) is 0 Å².